The molecule has 1 aliphatic carbocycles. The maximum Gasteiger partial charge on any atom is 0.335 e. The van der Waals surface area contributed by atoms with Gasteiger partial charge < -0.3 is 10.4 Å². The third kappa shape index (κ3) is 4.01. The lowest BCUT2D eigenvalue weighted by atomic mass is 10.2. The van der Waals surface area contributed by atoms with E-state index in [1.165, 1.54) is 0 Å². The summed E-state index contributed by atoms with van der Waals surface area (Å²) in [4.78, 5) is 21.6. The minimum Gasteiger partial charge on any atom is -0.478 e. The Morgan fingerprint density at radius 2 is 2.00 bits per heavy atom. The number of carbonyl (C=O) groups excluding carboxylic acids is 1. The van der Waals surface area contributed by atoms with E-state index in [1.54, 1.807) is 0 Å². The standard InChI is InChI=1S/C13H14FNO5S/c14-10-4-3-9(13(17)18)5-11(10)21(19,20)7-12(16)15-6-8-1-2-8/h3-5,8H,1-2,6-7H2,(H,15,16)(H,17,18). The average molecular weight is 315 g/mol. The largest absolute Gasteiger partial charge is 0.478 e. The van der Waals surface area contributed by atoms with Crippen LogP contribution in [-0.2, 0) is 14.6 Å². The van der Waals surface area contributed by atoms with Crippen molar-refractivity contribution in [3.63, 3.8) is 0 Å². The zero-order valence-electron chi connectivity index (χ0n) is 11.0. The number of hydrogen-bond donors (Lipinski definition) is 2. The van der Waals surface area contributed by atoms with Gasteiger partial charge in [-0.15, -0.1) is 0 Å². The van der Waals surface area contributed by atoms with Crippen molar-refractivity contribution in [3.05, 3.63) is 29.6 Å². The molecule has 8 heteroatoms. The summed E-state index contributed by atoms with van der Waals surface area (Å²) in [6, 6.07) is 2.45. The molecule has 1 aromatic rings. The predicted octanol–water partition coefficient (Wildman–Crippen LogP) is 0.824. The minimum atomic E-state index is -4.22. The molecule has 1 amide bonds. The molecule has 1 saturated carbocycles. The second-order valence-electron chi connectivity index (χ2n) is 4.96. The SMILES string of the molecule is O=C(CS(=O)(=O)c1cc(C(=O)O)ccc1F)NCC1CC1. The fourth-order valence-corrected chi connectivity index (χ4v) is 3.03. The van der Waals surface area contributed by atoms with Gasteiger partial charge in [0.1, 0.15) is 16.5 Å². The first-order chi connectivity index (χ1) is 9.79. The summed E-state index contributed by atoms with van der Waals surface area (Å²) < 4.78 is 37.6. The van der Waals surface area contributed by atoms with Crippen molar-refractivity contribution in [1.82, 2.24) is 5.32 Å². The normalized spacial score (nSPS) is 14.7. The van der Waals surface area contributed by atoms with Crippen LogP contribution in [0.3, 0.4) is 0 Å². The van der Waals surface area contributed by atoms with Crippen LogP contribution < -0.4 is 5.32 Å². The number of hydrogen-bond acceptors (Lipinski definition) is 4. The van der Waals surface area contributed by atoms with Gasteiger partial charge in [-0.25, -0.2) is 17.6 Å². The van der Waals surface area contributed by atoms with Gasteiger partial charge in [0.15, 0.2) is 9.84 Å². The van der Waals surface area contributed by atoms with E-state index in [4.69, 9.17) is 5.11 Å². The van der Waals surface area contributed by atoms with Gasteiger partial charge in [0.25, 0.3) is 0 Å². The molecule has 0 aromatic heterocycles. The minimum absolute atomic E-state index is 0.353. The number of halogens is 1. The van der Waals surface area contributed by atoms with Gasteiger partial charge in [0, 0.05) is 6.54 Å². The molecule has 0 unspecified atom stereocenters. The highest BCUT2D eigenvalue weighted by atomic mass is 32.2. The van der Waals surface area contributed by atoms with E-state index >= 15 is 0 Å². The van der Waals surface area contributed by atoms with E-state index in [0.29, 0.717) is 12.5 Å². The van der Waals surface area contributed by atoms with Crippen LogP contribution in [0.25, 0.3) is 0 Å². The second-order valence-corrected chi connectivity index (χ2v) is 6.91. The first kappa shape index (κ1) is 15.4. The van der Waals surface area contributed by atoms with E-state index in [-0.39, 0.29) is 5.56 Å². The monoisotopic (exact) mass is 315 g/mol. The molecule has 0 saturated heterocycles. The highest BCUT2D eigenvalue weighted by Gasteiger charge is 2.26. The third-order valence-corrected chi connectivity index (χ3v) is 4.74. The Balaban J connectivity index is 2.15. The van der Waals surface area contributed by atoms with Crippen LogP contribution in [0.2, 0.25) is 0 Å². The molecule has 114 valence electrons. The van der Waals surface area contributed by atoms with Crippen molar-refractivity contribution in [2.24, 2.45) is 5.92 Å². The van der Waals surface area contributed by atoms with Crippen LogP contribution in [0.15, 0.2) is 23.1 Å². The van der Waals surface area contributed by atoms with Crippen molar-refractivity contribution in [1.29, 1.82) is 0 Å². The third-order valence-electron chi connectivity index (χ3n) is 3.12. The Kier molecular flexibility index (Phi) is 4.26. The van der Waals surface area contributed by atoms with Gasteiger partial charge in [-0.3, -0.25) is 4.79 Å². The van der Waals surface area contributed by atoms with E-state index in [0.717, 1.165) is 31.0 Å². The first-order valence-electron chi connectivity index (χ1n) is 6.32. The fourth-order valence-electron chi connectivity index (χ4n) is 1.76. The molecule has 0 bridgehead atoms. The molecule has 2 N–H and O–H groups in total. The summed E-state index contributed by atoms with van der Waals surface area (Å²) in [5.41, 5.74) is -0.353. The van der Waals surface area contributed by atoms with Crippen LogP contribution in [0, 0.1) is 11.7 Å². The number of carboxylic acid groups (broad SMARTS) is 1. The van der Waals surface area contributed by atoms with Gasteiger partial charge in [-0.1, -0.05) is 0 Å². The van der Waals surface area contributed by atoms with Gasteiger partial charge >= 0.3 is 5.97 Å². The molecule has 21 heavy (non-hydrogen) atoms. The highest BCUT2D eigenvalue weighted by molar-refractivity contribution is 7.92. The zero-order chi connectivity index (χ0) is 15.6. The van der Waals surface area contributed by atoms with Crippen molar-refractivity contribution in [2.75, 3.05) is 12.3 Å². The van der Waals surface area contributed by atoms with E-state index in [1.807, 2.05) is 0 Å². The van der Waals surface area contributed by atoms with Crippen LogP contribution in [0.4, 0.5) is 4.39 Å². The Bertz CT molecular complexity index is 682. The van der Waals surface area contributed by atoms with Crippen molar-refractivity contribution in [2.45, 2.75) is 17.7 Å². The van der Waals surface area contributed by atoms with Gasteiger partial charge in [0.2, 0.25) is 5.91 Å². The average Bonchev–Trinajstić information content (AvgIpc) is 3.19. The molecule has 1 aromatic carbocycles. The molecule has 1 fully saturated rings. The van der Waals surface area contributed by atoms with E-state index in [9.17, 15) is 22.4 Å². The first-order valence-corrected chi connectivity index (χ1v) is 7.97. The number of carbonyl (C=O) groups is 2. The molecule has 0 spiro atoms. The summed E-state index contributed by atoms with van der Waals surface area (Å²) in [5.74, 6) is -3.68. The number of nitrogens with one attached hydrogen (secondary N) is 1. The molecular weight excluding hydrogens is 301 g/mol. The van der Waals surface area contributed by atoms with Crippen LogP contribution in [0.1, 0.15) is 23.2 Å². The maximum absolute atomic E-state index is 13.6. The summed E-state index contributed by atoms with van der Waals surface area (Å²) in [5, 5.41) is 11.3. The second kappa shape index (κ2) is 5.80. The van der Waals surface area contributed by atoms with Crippen molar-refractivity contribution in [3.8, 4) is 0 Å². The quantitative estimate of drug-likeness (QED) is 0.809. The molecule has 0 atom stereocenters. The summed E-state index contributed by atoms with van der Waals surface area (Å²) >= 11 is 0. The Morgan fingerprint density at radius 3 is 2.57 bits per heavy atom. The van der Waals surface area contributed by atoms with Gasteiger partial charge in [-0.2, -0.15) is 0 Å². The van der Waals surface area contributed by atoms with Crippen molar-refractivity contribution < 1.29 is 27.5 Å². The van der Waals surface area contributed by atoms with E-state index < -0.39 is 38.2 Å². The highest BCUT2D eigenvalue weighted by Crippen LogP contribution is 2.27. The fraction of sp³-hybridized carbons (Fsp3) is 0.385. The topological polar surface area (TPSA) is 101 Å². The Hall–Kier alpha value is -1.96. The van der Waals surface area contributed by atoms with Crippen LogP contribution >= 0.6 is 0 Å². The number of sulfone groups is 1. The lowest BCUT2D eigenvalue weighted by molar-refractivity contribution is -0.118. The summed E-state index contributed by atoms with van der Waals surface area (Å²) in [6.45, 7) is 0.409. The molecule has 0 heterocycles. The molecule has 1 aliphatic rings. The Morgan fingerprint density at radius 1 is 1.33 bits per heavy atom. The number of aromatic carboxylic acids is 1. The number of carboxylic acids is 1. The van der Waals surface area contributed by atoms with Crippen LogP contribution in [-0.4, -0.2) is 37.7 Å². The molecular formula is C13H14FNO5S. The lowest BCUT2D eigenvalue weighted by Gasteiger charge is -2.07. The molecule has 0 aliphatic heterocycles. The summed E-state index contributed by atoms with van der Waals surface area (Å²) in [6.07, 6.45) is 2.00. The van der Waals surface area contributed by atoms with Gasteiger partial charge in [0.05, 0.1) is 5.56 Å². The zero-order valence-corrected chi connectivity index (χ0v) is 11.8. The molecule has 6 nitrogen and oxygen atoms in total. The van der Waals surface area contributed by atoms with Crippen LogP contribution in [0.5, 0.6) is 0 Å². The smallest absolute Gasteiger partial charge is 0.335 e. The number of rotatable bonds is 6. The van der Waals surface area contributed by atoms with Crippen molar-refractivity contribution >= 4 is 21.7 Å². The number of benzene rings is 1. The molecule has 2 rings (SSSR count). The number of amides is 1. The van der Waals surface area contributed by atoms with E-state index in [2.05, 4.69) is 5.32 Å². The van der Waals surface area contributed by atoms with Gasteiger partial charge in [-0.05, 0) is 37.0 Å². The Labute approximate surface area is 120 Å². The lowest BCUT2D eigenvalue weighted by Crippen LogP contribution is -2.32. The maximum atomic E-state index is 13.6. The summed E-state index contributed by atoms with van der Waals surface area (Å²) in [7, 11) is -4.22. The molecule has 0 radical (unpaired) electrons. The predicted molar refractivity (Wildman–Crippen MR) is 71.1 cm³/mol.